The molecule has 0 bridgehead atoms. The van der Waals surface area contributed by atoms with Gasteiger partial charge in [0.2, 0.25) is 0 Å². The largest absolute Gasteiger partial charge is 0.494 e. The van der Waals surface area contributed by atoms with Gasteiger partial charge >= 0.3 is 6.03 Å². The van der Waals surface area contributed by atoms with E-state index in [1.807, 2.05) is 0 Å². The first kappa shape index (κ1) is 16.1. The summed E-state index contributed by atoms with van der Waals surface area (Å²) in [5.74, 6) is 1.29. The topological polar surface area (TPSA) is 77.7 Å². The third-order valence-electron chi connectivity index (χ3n) is 3.12. The van der Waals surface area contributed by atoms with Crippen LogP contribution in [0.3, 0.4) is 0 Å². The fourth-order valence-electron chi connectivity index (χ4n) is 2.00. The molecule has 0 saturated heterocycles. The molecule has 0 fully saturated rings. The monoisotopic (exact) mass is 321 g/mol. The molecular weight excluding hydrogens is 302 g/mol. The van der Waals surface area contributed by atoms with Crippen molar-refractivity contribution in [1.82, 2.24) is 4.98 Å². The number of aromatic nitrogens is 1. The van der Waals surface area contributed by atoms with Gasteiger partial charge in [-0.05, 0) is 18.1 Å². The van der Waals surface area contributed by atoms with Crippen molar-refractivity contribution in [2.45, 2.75) is 19.8 Å². The standard InChI is InChI=1S/C15H19N3O3S/c1-9(2)12-8-17-15(22-12)18(14(16)19)13-10(20-3)6-5-7-11(13)21-4/h5-9H,1-4H3,(H2,16,19). The number of benzene rings is 1. The molecule has 2 aromatic rings. The van der Waals surface area contributed by atoms with Crippen molar-refractivity contribution in [2.75, 3.05) is 19.1 Å². The summed E-state index contributed by atoms with van der Waals surface area (Å²) in [5.41, 5.74) is 6.02. The van der Waals surface area contributed by atoms with Crippen LogP contribution < -0.4 is 20.1 Å². The van der Waals surface area contributed by atoms with Crippen molar-refractivity contribution in [2.24, 2.45) is 5.73 Å². The molecule has 1 aromatic carbocycles. The van der Waals surface area contributed by atoms with Crippen LogP contribution in [-0.4, -0.2) is 25.2 Å². The van der Waals surface area contributed by atoms with Crippen LogP contribution in [0.5, 0.6) is 11.5 Å². The van der Waals surface area contributed by atoms with E-state index in [4.69, 9.17) is 15.2 Å². The van der Waals surface area contributed by atoms with Crippen molar-refractivity contribution < 1.29 is 14.3 Å². The van der Waals surface area contributed by atoms with Gasteiger partial charge in [0.05, 0.1) is 14.2 Å². The van der Waals surface area contributed by atoms with E-state index in [2.05, 4.69) is 18.8 Å². The van der Waals surface area contributed by atoms with E-state index in [-0.39, 0.29) is 0 Å². The maximum absolute atomic E-state index is 12.0. The first-order valence-electron chi connectivity index (χ1n) is 6.75. The normalized spacial score (nSPS) is 10.6. The Hall–Kier alpha value is -2.28. The molecule has 2 N–H and O–H groups in total. The first-order chi connectivity index (χ1) is 10.5. The van der Waals surface area contributed by atoms with Crippen molar-refractivity contribution in [3.05, 3.63) is 29.3 Å². The lowest BCUT2D eigenvalue weighted by Crippen LogP contribution is -2.32. The first-order valence-corrected chi connectivity index (χ1v) is 7.57. The molecule has 0 aliphatic rings. The molecule has 0 aliphatic carbocycles. The lowest BCUT2D eigenvalue weighted by atomic mass is 10.2. The van der Waals surface area contributed by atoms with Crippen LogP contribution in [0.25, 0.3) is 0 Å². The maximum atomic E-state index is 12.0. The lowest BCUT2D eigenvalue weighted by Gasteiger charge is -2.22. The lowest BCUT2D eigenvalue weighted by molar-refractivity contribution is 0.255. The molecule has 6 nitrogen and oxygen atoms in total. The van der Waals surface area contributed by atoms with Crippen LogP contribution in [0.2, 0.25) is 0 Å². The van der Waals surface area contributed by atoms with Crippen LogP contribution in [-0.2, 0) is 0 Å². The number of hydrogen-bond acceptors (Lipinski definition) is 5. The molecule has 0 spiro atoms. The zero-order chi connectivity index (χ0) is 16.3. The molecular formula is C15H19N3O3S. The second-order valence-corrected chi connectivity index (χ2v) is 5.93. The fourth-order valence-corrected chi connectivity index (χ4v) is 2.93. The number of hydrogen-bond donors (Lipinski definition) is 1. The molecule has 118 valence electrons. The minimum absolute atomic E-state index is 0.320. The molecule has 0 aliphatic heterocycles. The summed E-state index contributed by atoms with van der Waals surface area (Å²) in [6, 6.07) is 4.62. The van der Waals surface area contributed by atoms with Gasteiger partial charge in [0.15, 0.2) is 5.13 Å². The highest BCUT2D eigenvalue weighted by atomic mass is 32.1. The Balaban J connectivity index is 2.59. The highest BCUT2D eigenvalue weighted by molar-refractivity contribution is 7.16. The van der Waals surface area contributed by atoms with Gasteiger partial charge in [0, 0.05) is 11.1 Å². The van der Waals surface area contributed by atoms with Crippen LogP contribution in [0, 0.1) is 0 Å². The molecule has 0 radical (unpaired) electrons. The minimum atomic E-state index is -0.646. The molecule has 0 atom stereocenters. The quantitative estimate of drug-likeness (QED) is 0.914. The smallest absolute Gasteiger partial charge is 0.325 e. The van der Waals surface area contributed by atoms with Crippen LogP contribution in [0.4, 0.5) is 15.6 Å². The number of anilines is 2. The predicted molar refractivity (Wildman–Crippen MR) is 87.5 cm³/mol. The zero-order valence-electron chi connectivity index (χ0n) is 13.0. The molecule has 22 heavy (non-hydrogen) atoms. The maximum Gasteiger partial charge on any atom is 0.325 e. The summed E-state index contributed by atoms with van der Waals surface area (Å²) in [6.07, 6.45) is 1.75. The number of nitrogens with zero attached hydrogens (tertiary/aromatic N) is 2. The average Bonchev–Trinajstić information content (AvgIpc) is 2.97. The number of carbonyl (C=O) groups excluding carboxylic acids is 1. The highest BCUT2D eigenvalue weighted by Crippen LogP contribution is 2.43. The number of methoxy groups -OCH3 is 2. The summed E-state index contributed by atoms with van der Waals surface area (Å²) in [4.78, 5) is 18.7. The van der Waals surface area contributed by atoms with E-state index < -0.39 is 6.03 Å². The molecule has 7 heteroatoms. The number of rotatable bonds is 5. The minimum Gasteiger partial charge on any atom is -0.494 e. The Bertz CT molecular complexity index is 648. The van der Waals surface area contributed by atoms with Gasteiger partial charge < -0.3 is 15.2 Å². The van der Waals surface area contributed by atoms with Crippen molar-refractivity contribution >= 4 is 28.2 Å². The van der Waals surface area contributed by atoms with Crippen LogP contribution in [0.1, 0.15) is 24.6 Å². The number of amides is 2. The number of primary amides is 1. The van der Waals surface area contributed by atoms with Gasteiger partial charge in [-0.3, -0.25) is 0 Å². The second kappa shape index (κ2) is 6.65. The summed E-state index contributed by atoms with van der Waals surface area (Å²) >= 11 is 1.41. The Morgan fingerprint density at radius 2 is 1.86 bits per heavy atom. The summed E-state index contributed by atoms with van der Waals surface area (Å²) in [6.45, 7) is 4.13. The van der Waals surface area contributed by atoms with Gasteiger partial charge in [-0.2, -0.15) is 0 Å². The van der Waals surface area contributed by atoms with Gasteiger partial charge in [-0.1, -0.05) is 19.9 Å². The van der Waals surface area contributed by atoms with Crippen LogP contribution >= 0.6 is 11.3 Å². The van der Waals surface area contributed by atoms with Crippen LogP contribution in [0.15, 0.2) is 24.4 Å². The molecule has 2 rings (SSSR count). The van der Waals surface area contributed by atoms with E-state index in [9.17, 15) is 4.79 Å². The summed E-state index contributed by atoms with van der Waals surface area (Å²) in [5, 5.41) is 0.485. The van der Waals surface area contributed by atoms with Gasteiger partial charge in [0.1, 0.15) is 17.2 Å². The Kier molecular flexibility index (Phi) is 4.87. The number of thiazole rings is 1. The van der Waals surface area contributed by atoms with Gasteiger partial charge in [-0.15, -0.1) is 11.3 Å². The summed E-state index contributed by atoms with van der Waals surface area (Å²) < 4.78 is 10.7. The average molecular weight is 321 g/mol. The SMILES string of the molecule is COc1cccc(OC)c1N(C(N)=O)c1ncc(C(C)C)s1. The number of para-hydroxylation sites is 1. The van der Waals surface area contributed by atoms with Crippen molar-refractivity contribution in [3.63, 3.8) is 0 Å². The number of carbonyl (C=O) groups is 1. The van der Waals surface area contributed by atoms with E-state index in [0.29, 0.717) is 28.2 Å². The fraction of sp³-hybridized carbons (Fsp3) is 0.333. The number of urea groups is 1. The van der Waals surface area contributed by atoms with E-state index >= 15 is 0 Å². The molecule has 1 aromatic heterocycles. The zero-order valence-corrected chi connectivity index (χ0v) is 13.8. The molecule has 0 saturated carbocycles. The van der Waals surface area contributed by atoms with E-state index in [0.717, 1.165) is 4.88 Å². The number of ether oxygens (including phenoxy) is 2. The van der Waals surface area contributed by atoms with Crippen molar-refractivity contribution in [3.8, 4) is 11.5 Å². The Morgan fingerprint density at radius 3 is 2.27 bits per heavy atom. The van der Waals surface area contributed by atoms with Gasteiger partial charge in [0.25, 0.3) is 0 Å². The predicted octanol–water partition coefficient (Wildman–Crippen LogP) is 3.50. The van der Waals surface area contributed by atoms with Gasteiger partial charge in [-0.25, -0.2) is 14.7 Å². The Morgan fingerprint density at radius 1 is 1.27 bits per heavy atom. The van der Waals surface area contributed by atoms with E-state index in [1.54, 1.807) is 24.4 Å². The third-order valence-corrected chi connectivity index (χ3v) is 4.40. The molecule has 2 amide bonds. The summed E-state index contributed by atoms with van der Waals surface area (Å²) in [7, 11) is 3.05. The third kappa shape index (κ3) is 2.99. The Labute approximate surface area is 133 Å². The molecule has 1 heterocycles. The van der Waals surface area contributed by atoms with Crippen molar-refractivity contribution in [1.29, 1.82) is 0 Å². The molecule has 0 unspecified atom stereocenters. The number of nitrogens with two attached hydrogens (primary N) is 1. The van der Waals surface area contributed by atoms with E-state index in [1.165, 1.54) is 30.5 Å². The highest BCUT2D eigenvalue weighted by Gasteiger charge is 2.26. The second-order valence-electron chi connectivity index (χ2n) is 4.88.